The van der Waals surface area contributed by atoms with Crippen molar-refractivity contribution in [3.05, 3.63) is 48.5 Å². The molecule has 0 saturated carbocycles. The van der Waals surface area contributed by atoms with Crippen molar-refractivity contribution in [3.8, 4) is 11.5 Å². The van der Waals surface area contributed by atoms with E-state index in [1.54, 1.807) is 4.90 Å². The van der Waals surface area contributed by atoms with Gasteiger partial charge >= 0.3 is 0 Å². The molecule has 126 valence electrons. The molecule has 0 aliphatic carbocycles. The first-order valence-electron chi connectivity index (χ1n) is 8.29. The fourth-order valence-corrected chi connectivity index (χ4v) is 3.62. The highest BCUT2D eigenvalue weighted by molar-refractivity contribution is 8.13. The lowest BCUT2D eigenvalue weighted by Crippen LogP contribution is -2.28. The molecule has 5 heteroatoms. The summed E-state index contributed by atoms with van der Waals surface area (Å²) in [4.78, 5) is 17.0. The predicted molar refractivity (Wildman–Crippen MR) is 101 cm³/mol. The van der Waals surface area contributed by atoms with E-state index in [0.29, 0.717) is 11.5 Å². The lowest BCUT2D eigenvalue weighted by Gasteiger charge is -2.30. The third-order valence-electron chi connectivity index (χ3n) is 4.14. The van der Waals surface area contributed by atoms with Crippen LogP contribution in [0.3, 0.4) is 0 Å². The Kier molecular flexibility index (Phi) is 5.43. The number of carbonyl (C=O) groups excluding carboxylic acids is 1. The van der Waals surface area contributed by atoms with Crippen LogP contribution >= 0.6 is 11.8 Å². The van der Waals surface area contributed by atoms with Crippen molar-refractivity contribution in [2.45, 2.75) is 13.8 Å². The number of amides is 1. The first-order valence-corrected chi connectivity index (χ1v) is 9.28. The molecule has 0 bridgehead atoms. The number of thioether (sulfide) groups is 1. The molecule has 1 aliphatic rings. The van der Waals surface area contributed by atoms with Crippen LogP contribution in [0.4, 0.5) is 16.2 Å². The zero-order valence-electron chi connectivity index (χ0n) is 14.1. The fraction of sp³-hybridized carbons (Fsp3) is 0.316. The van der Waals surface area contributed by atoms with Gasteiger partial charge in [0.2, 0.25) is 0 Å². The molecular weight excluding hydrogens is 320 g/mol. The number of ether oxygens (including phenoxy) is 1. The molecule has 0 aromatic heterocycles. The van der Waals surface area contributed by atoms with Crippen LogP contribution in [-0.2, 0) is 0 Å². The molecule has 1 heterocycles. The number of hydrogen-bond acceptors (Lipinski definition) is 4. The molecule has 0 saturated heterocycles. The predicted octanol–water partition coefficient (Wildman–Crippen LogP) is 5.13. The van der Waals surface area contributed by atoms with Gasteiger partial charge < -0.3 is 9.64 Å². The minimum absolute atomic E-state index is 0.0327. The summed E-state index contributed by atoms with van der Waals surface area (Å²) in [6.45, 7) is 7.22. The van der Waals surface area contributed by atoms with Crippen LogP contribution in [0.25, 0.3) is 0 Å². The number of rotatable bonds is 5. The van der Waals surface area contributed by atoms with Crippen LogP contribution < -0.4 is 9.64 Å². The van der Waals surface area contributed by atoms with E-state index < -0.39 is 0 Å². The van der Waals surface area contributed by atoms with E-state index in [1.165, 1.54) is 11.8 Å². The Morgan fingerprint density at radius 3 is 2.08 bits per heavy atom. The molecule has 0 spiro atoms. The summed E-state index contributed by atoms with van der Waals surface area (Å²) in [6, 6.07) is 15.3. The molecular formula is C19H22N2O2S. The van der Waals surface area contributed by atoms with Crippen molar-refractivity contribution in [2.75, 3.05) is 30.3 Å². The van der Waals surface area contributed by atoms with Gasteiger partial charge in [-0.3, -0.25) is 9.69 Å². The van der Waals surface area contributed by atoms with Crippen molar-refractivity contribution >= 4 is 28.4 Å². The summed E-state index contributed by atoms with van der Waals surface area (Å²) in [5, 5.41) is 0.0327. The summed E-state index contributed by atoms with van der Waals surface area (Å²) < 4.78 is 5.92. The lowest BCUT2D eigenvalue weighted by atomic mass is 10.2. The third kappa shape index (κ3) is 3.42. The minimum Gasteiger partial charge on any atom is -0.453 e. The zero-order chi connectivity index (χ0) is 16.9. The SMILES string of the molecule is CCN(CC)CCSC(=O)N1c2ccccc2Oc2ccccc21. The lowest BCUT2D eigenvalue weighted by molar-refractivity contribution is 0.266. The minimum atomic E-state index is 0.0327. The fourth-order valence-electron chi connectivity index (χ4n) is 2.77. The van der Waals surface area contributed by atoms with E-state index in [4.69, 9.17) is 4.74 Å². The number of benzene rings is 2. The second-order valence-electron chi connectivity index (χ2n) is 5.51. The molecule has 0 N–H and O–H groups in total. The number of para-hydroxylation sites is 4. The number of anilines is 2. The quantitative estimate of drug-likeness (QED) is 0.754. The van der Waals surface area contributed by atoms with Gasteiger partial charge in [0.15, 0.2) is 11.5 Å². The molecule has 0 radical (unpaired) electrons. The molecule has 4 nitrogen and oxygen atoms in total. The topological polar surface area (TPSA) is 32.8 Å². The van der Waals surface area contributed by atoms with Gasteiger partial charge in [0.05, 0.1) is 11.4 Å². The van der Waals surface area contributed by atoms with Crippen molar-refractivity contribution in [1.29, 1.82) is 0 Å². The highest BCUT2D eigenvalue weighted by Gasteiger charge is 2.28. The maximum atomic E-state index is 12.9. The Balaban J connectivity index is 1.80. The first kappa shape index (κ1) is 16.9. The van der Waals surface area contributed by atoms with Crippen LogP contribution in [-0.4, -0.2) is 35.5 Å². The van der Waals surface area contributed by atoms with E-state index in [0.717, 1.165) is 36.8 Å². The molecule has 0 unspecified atom stereocenters. The van der Waals surface area contributed by atoms with E-state index in [2.05, 4.69) is 18.7 Å². The van der Waals surface area contributed by atoms with Gasteiger partial charge in [0.25, 0.3) is 5.24 Å². The number of fused-ring (bicyclic) bond motifs is 2. The summed E-state index contributed by atoms with van der Waals surface area (Å²) in [5.74, 6) is 2.21. The van der Waals surface area contributed by atoms with E-state index in [1.807, 2.05) is 48.5 Å². The average Bonchev–Trinajstić information content (AvgIpc) is 2.63. The van der Waals surface area contributed by atoms with Gasteiger partial charge in [-0.25, -0.2) is 0 Å². The first-order chi connectivity index (χ1) is 11.7. The van der Waals surface area contributed by atoms with Gasteiger partial charge in [-0.05, 0) is 37.4 Å². The maximum Gasteiger partial charge on any atom is 0.290 e. The van der Waals surface area contributed by atoms with Gasteiger partial charge in [-0.15, -0.1) is 0 Å². The van der Waals surface area contributed by atoms with Crippen molar-refractivity contribution in [2.24, 2.45) is 0 Å². The van der Waals surface area contributed by atoms with Gasteiger partial charge in [0, 0.05) is 12.3 Å². The summed E-state index contributed by atoms with van der Waals surface area (Å²) in [7, 11) is 0. The molecule has 2 aromatic carbocycles. The number of carbonyl (C=O) groups is 1. The third-order valence-corrected chi connectivity index (χ3v) is 4.96. The maximum absolute atomic E-state index is 12.9. The largest absolute Gasteiger partial charge is 0.453 e. The number of hydrogen-bond donors (Lipinski definition) is 0. The molecule has 24 heavy (non-hydrogen) atoms. The Bertz CT molecular complexity index is 671. The van der Waals surface area contributed by atoms with Gasteiger partial charge in [0.1, 0.15) is 0 Å². The Morgan fingerprint density at radius 2 is 1.54 bits per heavy atom. The molecule has 1 amide bonds. The monoisotopic (exact) mass is 342 g/mol. The summed E-state index contributed by atoms with van der Waals surface area (Å²) >= 11 is 1.36. The molecule has 2 aromatic rings. The second kappa shape index (κ2) is 7.73. The highest BCUT2D eigenvalue weighted by Crippen LogP contribution is 2.47. The smallest absolute Gasteiger partial charge is 0.290 e. The zero-order valence-corrected chi connectivity index (χ0v) is 14.9. The highest BCUT2D eigenvalue weighted by atomic mass is 32.2. The van der Waals surface area contributed by atoms with E-state index in [-0.39, 0.29) is 5.24 Å². The van der Waals surface area contributed by atoms with Crippen LogP contribution in [0.15, 0.2) is 48.5 Å². The molecule has 3 rings (SSSR count). The molecule has 0 fully saturated rings. The van der Waals surface area contributed by atoms with Crippen LogP contribution in [0.1, 0.15) is 13.8 Å². The van der Waals surface area contributed by atoms with Crippen molar-refractivity contribution in [3.63, 3.8) is 0 Å². The van der Waals surface area contributed by atoms with Crippen LogP contribution in [0, 0.1) is 0 Å². The standard InChI is InChI=1S/C19H22N2O2S/c1-3-20(4-2)13-14-24-19(22)21-15-9-5-7-11-17(15)23-18-12-8-6-10-16(18)21/h5-12H,3-4,13-14H2,1-2H3. The van der Waals surface area contributed by atoms with Crippen LogP contribution in [0.5, 0.6) is 11.5 Å². The Morgan fingerprint density at radius 1 is 1.00 bits per heavy atom. The molecule has 0 atom stereocenters. The summed E-state index contributed by atoms with van der Waals surface area (Å²) in [6.07, 6.45) is 0. The van der Waals surface area contributed by atoms with Crippen molar-refractivity contribution in [1.82, 2.24) is 4.90 Å². The second-order valence-corrected chi connectivity index (χ2v) is 6.56. The van der Waals surface area contributed by atoms with Crippen LogP contribution in [0.2, 0.25) is 0 Å². The normalized spacial score (nSPS) is 12.5. The van der Waals surface area contributed by atoms with Gasteiger partial charge in [-0.1, -0.05) is 49.9 Å². The van der Waals surface area contributed by atoms with Gasteiger partial charge in [-0.2, -0.15) is 0 Å². The van der Waals surface area contributed by atoms with Crippen molar-refractivity contribution < 1.29 is 9.53 Å². The summed E-state index contributed by atoms with van der Waals surface area (Å²) in [5.41, 5.74) is 1.60. The number of nitrogens with zero attached hydrogens (tertiary/aromatic N) is 2. The Hall–Kier alpha value is -1.98. The average molecular weight is 342 g/mol. The molecule has 1 aliphatic heterocycles. The van der Waals surface area contributed by atoms with E-state index >= 15 is 0 Å². The Labute approximate surface area is 147 Å². The van der Waals surface area contributed by atoms with E-state index in [9.17, 15) is 4.79 Å².